The van der Waals surface area contributed by atoms with Crippen molar-refractivity contribution in [2.24, 2.45) is 0 Å². The molecule has 0 aromatic heterocycles. The van der Waals surface area contributed by atoms with Crippen molar-refractivity contribution in [3.05, 3.63) is 90.0 Å². The molecule has 26 heavy (non-hydrogen) atoms. The molecule has 1 amide bonds. The molecular weight excluding hydrogens is 344 g/mol. The van der Waals surface area contributed by atoms with Gasteiger partial charge in [0.2, 0.25) is 0 Å². The van der Waals surface area contributed by atoms with Crippen molar-refractivity contribution >= 4 is 34.7 Å². The van der Waals surface area contributed by atoms with Gasteiger partial charge in [0.1, 0.15) is 5.75 Å². The summed E-state index contributed by atoms with van der Waals surface area (Å²) in [5, 5.41) is 6.10. The number of thiocarbonyl (C=S) groups is 1. The standard InChI is InChI=1S/C21H18N2O2S/c1-15-7-11-18(12-8-15)22-20(24)16-9-13-19(14-10-16)25-21(26)23-17-5-3-2-4-6-17/h2-14H,1H3,(H,22,24)(H,23,26). The second-order valence-corrected chi connectivity index (χ2v) is 6.10. The van der Waals surface area contributed by atoms with Crippen molar-refractivity contribution in [2.45, 2.75) is 6.92 Å². The van der Waals surface area contributed by atoms with E-state index in [1.165, 1.54) is 0 Å². The number of carbonyl (C=O) groups is 1. The van der Waals surface area contributed by atoms with Crippen molar-refractivity contribution in [3.8, 4) is 5.75 Å². The predicted molar refractivity (Wildman–Crippen MR) is 109 cm³/mol. The van der Waals surface area contributed by atoms with Gasteiger partial charge in [-0.05, 0) is 67.7 Å². The highest BCUT2D eigenvalue weighted by molar-refractivity contribution is 7.80. The fourth-order valence-electron chi connectivity index (χ4n) is 2.29. The quantitative estimate of drug-likeness (QED) is 0.640. The number of nitrogens with one attached hydrogen (secondary N) is 2. The second kappa shape index (κ2) is 8.27. The van der Waals surface area contributed by atoms with E-state index in [1.54, 1.807) is 24.3 Å². The number of rotatable bonds is 4. The topological polar surface area (TPSA) is 50.4 Å². The first-order valence-corrected chi connectivity index (χ1v) is 8.53. The Labute approximate surface area is 157 Å². The van der Waals surface area contributed by atoms with Crippen molar-refractivity contribution in [2.75, 3.05) is 10.6 Å². The normalized spacial score (nSPS) is 10.0. The number of amides is 1. The van der Waals surface area contributed by atoms with Gasteiger partial charge in [0.25, 0.3) is 11.1 Å². The lowest BCUT2D eigenvalue weighted by Crippen LogP contribution is -2.16. The molecule has 0 bridgehead atoms. The summed E-state index contributed by atoms with van der Waals surface area (Å²) in [6, 6.07) is 24.0. The number of benzene rings is 3. The Morgan fingerprint density at radius 3 is 2.08 bits per heavy atom. The SMILES string of the molecule is Cc1ccc(NC(=O)c2ccc(OC(=S)Nc3ccccc3)cc2)cc1. The van der Waals surface area contributed by atoms with Gasteiger partial charge >= 0.3 is 0 Å². The van der Waals surface area contributed by atoms with Crippen molar-refractivity contribution in [1.82, 2.24) is 0 Å². The molecule has 0 spiro atoms. The summed E-state index contributed by atoms with van der Waals surface area (Å²) in [5.41, 5.74) is 3.30. The molecule has 0 saturated carbocycles. The van der Waals surface area contributed by atoms with Crippen LogP contribution in [0.2, 0.25) is 0 Å². The Hall–Kier alpha value is -3.18. The smallest absolute Gasteiger partial charge is 0.266 e. The summed E-state index contributed by atoms with van der Waals surface area (Å²) in [5.74, 6) is 0.385. The molecule has 0 aliphatic rings. The van der Waals surface area contributed by atoms with E-state index in [4.69, 9.17) is 17.0 Å². The first-order valence-electron chi connectivity index (χ1n) is 8.12. The van der Waals surface area contributed by atoms with Crippen LogP contribution in [0.4, 0.5) is 11.4 Å². The lowest BCUT2D eigenvalue weighted by molar-refractivity contribution is 0.102. The predicted octanol–water partition coefficient (Wildman–Crippen LogP) is 5.02. The van der Waals surface area contributed by atoms with Crippen LogP contribution in [-0.2, 0) is 0 Å². The zero-order chi connectivity index (χ0) is 18.4. The van der Waals surface area contributed by atoms with E-state index < -0.39 is 0 Å². The molecule has 5 heteroatoms. The fraction of sp³-hybridized carbons (Fsp3) is 0.0476. The average Bonchev–Trinajstić information content (AvgIpc) is 2.65. The van der Waals surface area contributed by atoms with Gasteiger partial charge in [-0.15, -0.1) is 0 Å². The van der Waals surface area contributed by atoms with Crippen LogP contribution in [0.3, 0.4) is 0 Å². The molecule has 0 fully saturated rings. The minimum absolute atomic E-state index is 0.176. The van der Waals surface area contributed by atoms with Crippen molar-refractivity contribution in [3.63, 3.8) is 0 Å². The van der Waals surface area contributed by atoms with Crippen LogP contribution in [0, 0.1) is 6.92 Å². The van der Waals surface area contributed by atoms with E-state index in [9.17, 15) is 4.79 Å². The summed E-state index contributed by atoms with van der Waals surface area (Å²) < 4.78 is 5.57. The molecule has 3 aromatic rings. The third-order valence-electron chi connectivity index (χ3n) is 3.66. The lowest BCUT2D eigenvalue weighted by Gasteiger charge is -2.10. The number of ether oxygens (including phenoxy) is 1. The molecule has 0 atom stereocenters. The highest BCUT2D eigenvalue weighted by atomic mass is 32.1. The van der Waals surface area contributed by atoms with Gasteiger partial charge in [-0.3, -0.25) is 4.79 Å². The summed E-state index contributed by atoms with van der Waals surface area (Å²) >= 11 is 5.19. The minimum atomic E-state index is -0.176. The minimum Gasteiger partial charge on any atom is -0.432 e. The molecule has 0 heterocycles. The number of aryl methyl sites for hydroxylation is 1. The van der Waals surface area contributed by atoms with Crippen LogP contribution >= 0.6 is 12.2 Å². The summed E-state index contributed by atoms with van der Waals surface area (Å²) in [4.78, 5) is 12.3. The fourth-order valence-corrected chi connectivity index (χ4v) is 2.50. The molecule has 0 radical (unpaired) electrons. The number of carbonyl (C=O) groups excluding carboxylic acids is 1. The monoisotopic (exact) mass is 362 g/mol. The van der Waals surface area contributed by atoms with Crippen LogP contribution in [0.25, 0.3) is 0 Å². The number of para-hydroxylation sites is 1. The Bertz CT molecular complexity index is 892. The molecule has 3 rings (SSSR count). The molecule has 4 nitrogen and oxygen atoms in total. The van der Waals surface area contributed by atoms with Gasteiger partial charge in [0.15, 0.2) is 0 Å². The van der Waals surface area contributed by atoms with E-state index in [2.05, 4.69) is 10.6 Å². The van der Waals surface area contributed by atoms with Gasteiger partial charge in [-0.2, -0.15) is 0 Å². The van der Waals surface area contributed by atoms with Gasteiger partial charge in [-0.25, -0.2) is 0 Å². The summed E-state index contributed by atoms with van der Waals surface area (Å²) in [7, 11) is 0. The van der Waals surface area contributed by atoms with Gasteiger partial charge in [-0.1, -0.05) is 35.9 Å². The van der Waals surface area contributed by atoms with E-state index in [-0.39, 0.29) is 11.1 Å². The third-order valence-corrected chi connectivity index (χ3v) is 3.84. The zero-order valence-corrected chi connectivity index (χ0v) is 15.0. The number of hydrogen-bond donors (Lipinski definition) is 2. The molecule has 0 aliphatic heterocycles. The first-order chi connectivity index (χ1) is 12.6. The van der Waals surface area contributed by atoms with E-state index in [0.29, 0.717) is 11.3 Å². The van der Waals surface area contributed by atoms with Gasteiger partial charge < -0.3 is 15.4 Å². The van der Waals surface area contributed by atoms with Crippen LogP contribution in [0.1, 0.15) is 15.9 Å². The number of anilines is 2. The largest absolute Gasteiger partial charge is 0.432 e. The Balaban J connectivity index is 1.58. The molecule has 2 N–H and O–H groups in total. The summed E-state index contributed by atoms with van der Waals surface area (Å²) in [6.07, 6.45) is 0. The molecule has 130 valence electrons. The number of hydrogen-bond acceptors (Lipinski definition) is 3. The van der Waals surface area contributed by atoms with E-state index in [0.717, 1.165) is 16.9 Å². The molecule has 3 aromatic carbocycles. The zero-order valence-electron chi connectivity index (χ0n) is 14.2. The third kappa shape index (κ3) is 4.91. The van der Waals surface area contributed by atoms with Crippen LogP contribution < -0.4 is 15.4 Å². The second-order valence-electron chi connectivity index (χ2n) is 5.73. The molecular formula is C21H18N2O2S. The highest BCUT2D eigenvalue weighted by Gasteiger charge is 2.07. The maximum absolute atomic E-state index is 12.3. The van der Waals surface area contributed by atoms with Crippen LogP contribution in [0.15, 0.2) is 78.9 Å². The van der Waals surface area contributed by atoms with Gasteiger partial charge in [0, 0.05) is 16.9 Å². The Kier molecular flexibility index (Phi) is 5.61. The lowest BCUT2D eigenvalue weighted by atomic mass is 10.2. The van der Waals surface area contributed by atoms with Crippen LogP contribution in [0.5, 0.6) is 5.75 Å². The maximum Gasteiger partial charge on any atom is 0.266 e. The maximum atomic E-state index is 12.3. The van der Waals surface area contributed by atoms with Gasteiger partial charge in [0.05, 0.1) is 0 Å². The van der Waals surface area contributed by atoms with Crippen molar-refractivity contribution < 1.29 is 9.53 Å². The van der Waals surface area contributed by atoms with E-state index in [1.807, 2.05) is 61.5 Å². The molecule has 0 aliphatic carbocycles. The summed E-state index contributed by atoms with van der Waals surface area (Å²) in [6.45, 7) is 2.00. The van der Waals surface area contributed by atoms with Crippen molar-refractivity contribution in [1.29, 1.82) is 0 Å². The molecule has 0 saturated heterocycles. The molecule has 0 unspecified atom stereocenters. The van der Waals surface area contributed by atoms with E-state index >= 15 is 0 Å². The first kappa shape index (κ1) is 17.6. The Morgan fingerprint density at radius 2 is 1.42 bits per heavy atom. The van der Waals surface area contributed by atoms with Crippen LogP contribution in [-0.4, -0.2) is 11.1 Å². The highest BCUT2D eigenvalue weighted by Crippen LogP contribution is 2.16. The Morgan fingerprint density at radius 1 is 0.808 bits per heavy atom. The average molecular weight is 362 g/mol.